The van der Waals surface area contributed by atoms with Crippen LogP contribution in [0, 0.1) is 0 Å². The van der Waals surface area contributed by atoms with Gasteiger partial charge < -0.3 is 15.5 Å². The highest BCUT2D eigenvalue weighted by atomic mass is 79.9. The van der Waals surface area contributed by atoms with E-state index >= 15 is 0 Å². The minimum atomic E-state index is -0.0403. The molecule has 5 nitrogen and oxygen atoms in total. The van der Waals surface area contributed by atoms with E-state index in [-0.39, 0.29) is 18.0 Å². The Kier molecular flexibility index (Phi) is 6.79. The summed E-state index contributed by atoms with van der Waals surface area (Å²) in [5.41, 5.74) is 0. The number of urea groups is 1. The smallest absolute Gasteiger partial charge is 0.317 e. The van der Waals surface area contributed by atoms with Gasteiger partial charge in [0.2, 0.25) is 0 Å². The fourth-order valence-electron chi connectivity index (χ4n) is 3.45. The van der Waals surface area contributed by atoms with E-state index in [1.54, 1.807) is 0 Å². The summed E-state index contributed by atoms with van der Waals surface area (Å²) in [5.74, 6) is -0.0403. The average molecular weight is 493 g/mol. The third-order valence-corrected chi connectivity index (χ3v) is 8.17. The molecule has 1 aliphatic heterocycles. The van der Waals surface area contributed by atoms with E-state index in [1.165, 1.54) is 30.6 Å². The summed E-state index contributed by atoms with van der Waals surface area (Å²) in [7, 11) is 0. The molecule has 3 amide bonds. The summed E-state index contributed by atoms with van der Waals surface area (Å²) in [6, 6.07) is 2.36. The molecule has 0 bridgehead atoms. The Balaban J connectivity index is 1.43. The van der Waals surface area contributed by atoms with Crippen molar-refractivity contribution in [1.29, 1.82) is 0 Å². The maximum atomic E-state index is 12.4. The second-order valence-corrected chi connectivity index (χ2v) is 9.98. The van der Waals surface area contributed by atoms with Gasteiger partial charge in [-0.2, -0.15) is 0 Å². The molecule has 1 aromatic rings. The standard InChI is InChI=1S/C17H23Br2N3O2S/c18-13-10-14(25-15(13)19)16(23)20-12-6-8-22(9-7-12)17(24)21-11-4-2-1-3-5-11/h10-12H,1-9H2,(H,20,23)(H,21,24). The van der Waals surface area contributed by atoms with Gasteiger partial charge in [-0.15, -0.1) is 11.3 Å². The van der Waals surface area contributed by atoms with E-state index < -0.39 is 0 Å². The largest absolute Gasteiger partial charge is 0.348 e. The molecule has 1 aliphatic carbocycles. The van der Waals surface area contributed by atoms with Crippen LogP contribution < -0.4 is 10.6 Å². The molecule has 0 unspecified atom stereocenters. The Labute approximate surface area is 169 Å². The predicted molar refractivity (Wildman–Crippen MR) is 107 cm³/mol. The van der Waals surface area contributed by atoms with Crippen LogP contribution in [-0.2, 0) is 0 Å². The van der Waals surface area contributed by atoms with E-state index in [4.69, 9.17) is 0 Å². The first-order valence-corrected chi connectivity index (χ1v) is 11.2. The second-order valence-electron chi connectivity index (χ2n) is 6.75. The first-order chi connectivity index (χ1) is 12.0. The van der Waals surface area contributed by atoms with Crippen molar-refractivity contribution in [3.63, 3.8) is 0 Å². The fraction of sp³-hybridized carbons (Fsp3) is 0.647. The van der Waals surface area contributed by atoms with E-state index in [0.29, 0.717) is 24.0 Å². The van der Waals surface area contributed by atoms with E-state index in [1.807, 2.05) is 11.0 Å². The molecule has 25 heavy (non-hydrogen) atoms. The van der Waals surface area contributed by atoms with Crippen molar-refractivity contribution in [3.8, 4) is 0 Å². The molecule has 0 spiro atoms. The highest BCUT2D eigenvalue weighted by molar-refractivity contribution is 9.13. The van der Waals surface area contributed by atoms with Crippen LogP contribution >= 0.6 is 43.2 Å². The van der Waals surface area contributed by atoms with Crippen LogP contribution in [0.25, 0.3) is 0 Å². The summed E-state index contributed by atoms with van der Waals surface area (Å²) in [6.45, 7) is 1.39. The minimum Gasteiger partial charge on any atom is -0.348 e. The quantitative estimate of drug-likeness (QED) is 0.652. The van der Waals surface area contributed by atoms with Crippen LogP contribution in [0.4, 0.5) is 4.79 Å². The lowest BCUT2D eigenvalue weighted by Gasteiger charge is -2.34. The molecular weight excluding hydrogens is 470 g/mol. The van der Waals surface area contributed by atoms with Gasteiger partial charge in [0.15, 0.2) is 0 Å². The molecule has 2 N–H and O–H groups in total. The lowest BCUT2D eigenvalue weighted by Crippen LogP contribution is -2.51. The summed E-state index contributed by atoms with van der Waals surface area (Å²) < 4.78 is 1.82. The Morgan fingerprint density at radius 2 is 1.64 bits per heavy atom. The average Bonchev–Trinajstić information content (AvgIpc) is 2.95. The van der Waals surface area contributed by atoms with Crippen molar-refractivity contribution in [2.45, 2.75) is 57.0 Å². The van der Waals surface area contributed by atoms with Gasteiger partial charge in [-0.25, -0.2) is 4.79 Å². The number of carbonyl (C=O) groups is 2. The highest BCUT2D eigenvalue weighted by Crippen LogP contribution is 2.32. The maximum Gasteiger partial charge on any atom is 0.317 e. The van der Waals surface area contributed by atoms with Crippen molar-refractivity contribution >= 4 is 55.1 Å². The van der Waals surface area contributed by atoms with Crippen molar-refractivity contribution < 1.29 is 9.59 Å². The van der Waals surface area contributed by atoms with Gasteiger partial charge >= 0.3 is 6.03 Å². The molecule has 1 saturated heterocycles. The number of hydrogen-bond donors (Lipinski definition) is 2. The van der Waals surface area contributed by atoms with Gasteiger partial charge in [0.05, 0.1) is 8.66 Å². The molecular formula is C17H23Br2N3O2S. The van der Waals surface area contributed by atoms with Crippen molar-refractivity contribution in [1.82, 2.24) is 15.5 Å². The molecule has 3 rings (SSSR count). The van der Waals surface area contributed by atoms with Gasteiger partial charge in [0.1, 0.15) is 0 Å². The maximum absolute atomic E-state index is 12.4. The lowest BCUT2D eigenvalue weighted by molar-refractivity contribution is 0.0921. The molecule has 1 saturated carbocycles. The Hall–Kier alpha value is -0.600. The molecule has 138 valence electrons. The third-order valence-electron chi connectivity index (χ3n) is 4.92. The first kappa shape index (κ1) is 19.2. The van der Waals surface area contributed by atoms with Gasteiger partial charge in [-0.3, -0.25) is 4.79 Å². The van der Waals surface area contributed by atoms with Crippen LogP contribution in [0.1, 0.15) is 54.6 Å². The Morgan fingerprint density at radius 3 is 2.24 bits per heavy atom. The van der Waals surface area contributed by atoms with Crippen LogP contribution in [-0.4, -0.2) is 42.0 Å². The minimum absolute atomic E-state index is 0.0403. The van der Waals surface area contributed by atoms with Crippen molar-refractivity contribution in [2.75, 3.05) is 13.1 Å². The number of carbonyl (C=O) groups excluding carboxylic acids is 2. The number of nitrogens with one attached hydrogen (secondary N) is 2. The Morgan fingerprint density at radius 1 is 1.00 bits per heavy atom. The van der Waals surface area contributed by atoms with Gasteiger partial charge in [-0.05, 0) is 63.6 Å². The molecule has 0 radical (unpaired) electrons. The fourth-order valence-corrected chi connectivity index (χ4v) is 5.39. The first-order valence-electron chi connectivity index (χ1n) is 8.84. The van der Waals surface area contributed by atoms with Crippen molar-refractivity contribution in [3.05, 3.63) is 19.2 Å². The number of rotatable bonds is 3. The highest BCUT2D eigenvalue weighted by Gasteiger charge is 2.26. The Bertz CT molecular complexity index is 604. The van der Waals surface area contributed by atoms with Crippen LogP contribution in [0.3, 0.4) is 0 Å². The zero-order valence-electron chi connectivity index (χ0n) is 14.0. The number of hydrogen-bond acceptors (Lipinski definition) is 3. The van der Waals surface area contributed by atoms with E-state index in [2.05, 4.69) is 42.5 Å². The summed E-state index contributed by atoms with van der Waals surface area (Å²) in [5, 5.41) is 6.26. The topological polar surface area (TPSA) is 61.4 Å². The number of halogens is 2. The molecule has 2 fully saturated rings. The second kappa shape index (κ2) is 8.86. The van der Waals surface area contributed by atoms with E-state index in [0.717, 1.165) is 33.9 Å². The lowest BCUT2D eigenvalue weighted by atomic mass is 9.95. The van der Waals surface area contributed by atoms with Gasteiger partial charge in [0.25, 0.3) is 5.91 Å². The van der Waals surface area contributed by atoms with Gasteiger partial charge in [-0.1, -0.05) is 19.3 Å². The summed E-state index contributed by atoms with van der Waals surface area (Å²) in [4.78, 5) is 27.3. The number of nitrogens with zero attached hydrogens (tertiary/aromatic N) is 1. The van der Waals surface area contributed by atoms with Crippen LogP contribution in [0.5, 0.6) is 0 Å². The number of piperidine rings is 1. The zero-order valence-corrected chi connectivity index (χ0v) is 18.0. The summed E-state index contributed by atoms with van der Waals surface area (Å²) in [6.07, 6.45) is 7.53. The molecule has 2 aliphatic rings. The SMILES string of the molecule is O=C(NC1CCN(C(=O)NC2CCCCC2)CC1)c1cc(Br)c(Br)s1. The summed E-state index contributed by atoms with van der Waals surface area (Å²) >= 11 is 8.24. The van der Waals surface area contributed by atoms with Crippen molar-refractivity contribution in [2.24, 2.45) is 0 Å². The number of thiophene rings is 1. The van der Waals surface area contributed by atoms with Crippen LogP contribution in [0.15, 0.2) is 14.3 Å². The van der Waals surface area contributed by atoms with Gasteiger partial charge in [0, 0.05) is 29.6 Å². The molecule has 8 heteroatoms. The van der Waals surface area contributed by atoms with Crippen LogP contribution in [0.2, 0.25) is 0 Å². The molecule has 1 aromatic heterocycles. The molecule has 0 atom stereocenters. The monoisotopic (exact) mass is 491 g/mol. The normalized spacial score (nSPS) is 19.7. The number of likely N-dealkylation sites (tertiary alicyclic amines) is 1. The third kappa shape index (κ3) is 5.20. The zero-order chi connectivity index (χ0) is 17.8. The number of amides is 3. The molecule has 2 heterocycles. The molecule has 0 aromatic carbocycles. The predicted octanol–water partition coefficient (Wildman–Crippen LogP) is 4.51. The van der Waals surface area contributed by atoms with E-state index in [9.17, 15) is 9.59 Å².